The Morgan fingerprint density at radius 2 is 2.03 bits per heavy atom. The average molecular weight is 570 g/mol. The molecule has 1 aliphatic heterocycles. The molecule has 0 aromatic heterocycles. The lowest BCUT2D eigenvalue weighted by molar-refractivity contribution is -0.116. The predicted octanol–water partition coefficient (Wildman–Crippen LogP) is 3.91. The molecule has 1 amide bonds. The largest absolute Gasteiger partial charge is 0.379 e. The second-order valence-corrected chi connectivity index (χ2v) is 8.43. The number of benzene rings is 1. The number of morpholine rings is 1. The standard InChI is InChI=1S/C25H39N5O2.HI/c1-2-26-25(27-13-11-21-7-4-3-5-8-21)28-20-22-9-6-10-23(19-22)29-24(31)12-14-30-15-17-32-18-16-30;/h6-7,9-10,19H,2-5,8,11-18,20H2,1H3,(H,29,31)(H2,26,27,28);1H. The Kier molecular flexibility index (Phi) is 13.4. The number of carbonyl (C=O) groups excluding carboxylic acids is 1. The number of nitrogens with one attached hydrogen (secondary N) is 3. The molecule has 0 saturated carbocycles. The number of guanidine groups is 1. The van der Waals surface area contributed by atoms with Crippen LogP contribution in [0.4, 0.5) is 5.69 Å². The molecule has 3 N–H and O–H groups in total. The maximum atomic E-state index is 12.3. The van der Waals surface area contributed by atoms with E-state index in [1.165, 1.54) is 25.7 Å². The fourth-order valence-corrected chi connectivity index (χ4v) is 4.04. The van der Waals surface area contributed by atoms with Crippen molar-refractivity contribution in [1.82, 2.24) is 15.5 Å². The van der Waals surface area contributed by atoms with E-state index in [1.807, 2.05) is 24.3 Å². The van der Waals surface area contributed by atoms with Crippen molar-refractivity contribution < 1.29 is 9.53 Å². The van der Waals surface area contributed by atoms with E-state index in [9.17, 15) is 4.79 Å². The number of amides is 1. The summed E-state index contributed by atoms with van der Waals surface area (Å²) in [5, 5.41) is 9.79. The number of hydrogen-bond acceptors (Lipinski definition) is 4. The lowest BCUT2D eigenvalue weighted by Crippen LogP contribution is -2.38. The predicted molar refractivity (Wildman–Crippen MR) is 146 cm³/mol. The molecule has 33 heavy (non-hydrogen) atoms. The highest BCUT2D eigenvalue weighted by atomic mass is 127. The number of rotatable bonds is 10. The Labute approximate surface area is 215 Å². The molecule has 1 heterocycles. The van der Waals surface area contributed by atoms with Crippen LogP contribution in [0.2, 0.25) is 0 Å². The van der Waals surface area contributed by atoms with Crippen LogP contribution in [0.1, 0.15) is 51.0 Å². The van der Waals surface area contributed by atoms with Gasteiger partial charge in [-0.05, 0) is 56.7 Å². The van der Waals surface area contributed by atoms with Gasteiger partial charge in [-0.1, -0.05) is 23.8 Å². The van der Waals surface area contributed by atoms with Crippen LogP contribution >= 0.6 is 24.0 Å². The van der Waals surface area contributed by atoms with Crippen molar-refractivity contribution in [2.45, 2.75) is 52.0 Å². The van der Waals surface area contributed by atoms with Gasteiger partial charge < -0.3 is 20.7 Å². The van der Waals surface area contributed by atoms with Crippen molar-refractivity contribution in [3.8, 4) is 0 Å². The number of aliphatic imine (C=N–C) groups is 1. The smallest absolute Gasteiger partial charge is 0.225 e. The molecular weight excluding hydrogens is 529 g/mol. The minimum Gasteiger partial charge on any atom is -0.379 e. The van der Waals surface area contributed by atoms with Crippen molar-refractivity contribution in [2.24, 2.45) is 4.99 Å². The fourth-order valence-electron chi connectivity index (χ4n) is 4.04. The van der Waals surface area contributed by atoms with E-state index in [2.05, 4.69) is 33.9 Å². The number of hydrogen-bond donors (Lipinski definition) is 3. The second kappa shape index (κ2) is 16.1. The van der Waals surface area contributed by atoms with E-state index in [0.717, 1.165) is 69.6 Å². The van der Waals surface area contributed by atoms with Gasteiger partial charge in [-0.3, -0.25) is 9.69 Å². The van der Waals surface area contributed by atoms with Gasteiger partial charge in [0.15, 0.2) is 5.96 Å². The van der Waals surface area contributed by atoms with E-state index in [0.29, 0.717) is 13.0 Å². The molecule has 1 aromatic carbocycles. The molecule has 1 aromatic rings. The molecule has 0 radical (unpaired) electrons. The molecule has 7 nitrogen and oxygen atoms in total. The summed E-state index contributed by atoms with van der Waals surface area (Å²) in [4.78, 5) is 19.3. The first kappa shape index (κ1) is 27.6. The Bertz CT molecular complexity index is 778. The highest BCUT2D eigenvalue weighted by Gasteiger charge is 2.12. The minimum absolute atomic E-state index is 0. The van der Waals surface area contributed by atoms with E-state index < -0.39 is 0 Å². The molecule has 2 aliphatic rings. The maximum Gasteiger partial charge on any atom is 0.225 e. The lowest BCUT2D eigenvalue weighted by atomic mass is 9.97. The van der Waals surface area contributed by atoms with Gasteiger partial charge in [0.25, 0.3) is 0 Å². The minimum atomic E-state index is 0. The van der Waals surface area contributed by atoms with Gasteiger partial charge in [-0.15, -0.1) is 24.0 Å². The van der Waals surface area contributed by atoms with E-state index in [1.54, 1.807) is 5.57 Å². The van der Waals surface area contributed by atoms with Crippen molar-refractivity contribution >= 4 is 41.5 Å². The molecule has 1 saturated heterocycles. The van der Waals surface area contributed by atoms with Crippen LogP contribution in [0.5, 0.6) is 0 Å². The lowest BCUT2D eigenvalue weighted by Gasteiger charge is -2.26. The third kappa shape index (κ3) is 10.9. The summed E-state index contributed by atoms with van der Waals surface area (Å²) >= 11 is 0. The first-order valence-electron chi connectivity index (χ1n) is 12.1. The van der Waals surface area contributed by atoms with Gasteiger partial charge in [-0.25, -0.2) is 4.99 Å². The van der Waals surface area contributed by atoms with Crippen molar-refractivity contribution in [3.05, 3.63) is 41.5 Å². The third-order valence-corrected chi connectivity index (χ3v) is 5.86. The summed E-state index contributed by atoms with van der Waals surface area (Å²) in [7, 11) is 0. The van der Waals surface area contributed by atoms with E-state index in [4.69, 9.17) is 9.73 Å². The number of allylic oxidation sites excluding steroid dienone is 1. The third-order valence-electron chi connectivity index (χ3n) is 5.86. The quantitative estimate of drug-likeness (QED) is 0.173. The number of nitrogens with zero attached hydrogens (tertiary/aromatic N) is 2. The molecule has 0 bridgehead atoms. The van der Waals surface area contributed by atoms with Gasteiger partial charge in [-0.2, -0.15) is 0 Å². The van der Waals surface area contributed by atoms with Crippen molar-refractivity contribution in [1.29, 1.82) is 0 Å². The van der Waals surface area contributed by atoms with Crippen LogP contribution in [-0.2, 0) is 16.1 Å². The van der Waals surface area contributed by atoms with Gasteiger partial charge in [0.1, 0.15) is 0 Å². The zero-order valence-electron chi connectivity index (χ0n) is 19.9. The van der Waals surface area contributed by atoms with Gasteiger partial charge >= 0.3 is 0 Å². The summed E-state index contributed by atoms with van der Waals surface area (Å²) < 4.78 is 5.36. The summed E-state index contributed by atoms with van der Waals surface area (Å²) in [5.41, 5.74) is 3.46. The first-order chi connectivity index (χ1) is 15.7. The monoisotopic (exact) mass is 569 g/mol. The van der Waals surface area contributed by atoms with Crippen LogP contribution in [-0.4, -0.2) is 62.7 Å². The van der Waals surface area contributed by atoms with E-state index in [-0.39, 0.29) is 29.9 Å². The summed E-state index contributed by atoms with van der Waals surface area (Å²) in [6.07, 6.45) is 9.08. The van der Waals surface area contributed by atoms with Crippen molar-refractivity contribution in [3.63, 3.8) is 0 Å². The molecule has 3 rings (SSSR count). The average Bonchev–Trinajstić information content (AvgIpc) is 2.83. The molecule has 0 spiro atoms. The van der Waals surface area contributed by atoms with Gasteiger partial charge in [0.2, 0.25) is 5.91 Å². The molecule has 0 atom stereocenters. The maximum absolute atomic E-state index is 12.3. The van der Waals surface area contributed by atoms with E-state index >= 15 is 0 Å². The molecule has 1 fully saturated rings. The van der Waals surface area contributed by atoms with Crippen molar-refractivity contribution in [2.75, 3.05) is 51.3 Å². The zero-order chi connectivity index (χ0) is 22.4. The highest BCUT2D eigenvalue weighted by molar-refractivity contribution is 14.0. The molecule has 184 valence electrons. The Morgan fingerprint density at radius 3 is 2.79 bits per heavy atom. The second-order valence-electron chi connectivity index (χ2n) is 8.43. The molecule has 1 aliphatic carbocycles. The summed E-state index contributed by atoms with van der Waals surface area (Å²) in [5.74, 6) is 0.882. The Morgan fingerprint density at radius 1 is 1.18 bits per heavy atom. The zero-order valence-corrected chi connectivity index (χ0v) is 22.2. The number of anilines is 1. The number of carbonyl (C=O) groups is 1. The summed E-state index contributed by atoms with van der Waals surface area (Å²) in [6, 6.07) is 7.95. The SMILES string of the molecule is CCNC(=NCc1cccc(NC(=O)CCN2CCOCC2)c1)NCCC1=CCCCC1.I. The van der Waals surface area contributed by atoms with Crippen LogP contribution in [0, 0.1) is 0 Å². The van der Waals surface area contributed by atoms with Crippen LogP contribution in [0.15, 0.2) is 40.9 Å². The Balaban J connectivity index is 0.00000385. The van der Waals surface area contributed by atoms with Crippen LogP contribution in [0.3, 0.4) is 0 Å². The normalized spacial score (nSPS) is 17.0. The Hall–Kier alpha value is -1.65. The molecule has 0 unspecified atom stereocenters. The molecule has 8 heteroatoms. The van der Waals surface area contributed by atoms with Crippen LogP contribution < -0.4 is 16.0 Å². The van der Waals surface area contributed by atoms with Gasteiger partial charge in [0, 0.05) is 44.8 Å². The number of ether oxygens (including phenoxy) is 1. The first-order valence-corrected chi connectivity index (χ1v) is 12.1. The number of halogens is 1. The fraction of sp³-hybridized carbons (Fsp3) is 0.600. The summed E-state index contributed by atoms with van der Waals surface area (Å²) in [6.45, 7) is 8.46. The topological polar surface area (TPSA) is 78.0 Å². The van der Waals surface area contributed by atoms with Gasteiger partial charge in [0.05, 0.1) is 19.8 Å². The molecular formula is C25H40IN5O2. The van der Waals surface area contributed by atoms with Crippen LogP contribution in [0.25, 0.3) is 0 Å². The highest BCUT2D eigenvalue weighted by Crippen LogP contribution is 2.19.